The van der Waals surface area contributed by atoms with E-state index in [1.54, 1.807) is 6.92 Å². The zero-order valence-electron chi connectivity index (χ0n) is 12.2. The first-order valence-corrected chi connectivity index (χ1v) is 7.44. The molecule has 2 rings (SSSR count). The summed E-state index contributed by atoms with van der Waals surface area (Å²) < 4.78 is 5.58. The molecule has 1 N–H and O–H groups in total. The van der Waals surface area contributed by atoms with E-state index < -0.39 is 5.54 Å². The van der Waals surface area contributed by atoms with Crippen LogP contribution in [-0.2, 0) is 15.1 Å². The molecule has 1 aromatic heterocycles. The summed E-state index contributed by atoms with van der Waals surface area (Å²) >= 11 is 1.46. The van der Waals surface area contributed by atoms with Crippen LogP contribution in [0.25, 0.3) is 0 Å². The predicted octanol–water partition coefficient (Wildman–Crippen LogP) is 2.33. The molecule has 5 nitrogen and oxygen atoms in total. The number of nitrogens with one attached hydrogen (secondary N) is 1. The number of rotatable bonds is 4. The van der Waals surface area contributed by atoms with E-state index in [1.807, 2.05) is 38.3 Å². The van der Waals surface area contributed by atoms with Gasteiger partial charge in [0.25, 0.3) is 5.91 Å². The maximum Gasteiger partial charge on any atom is 0.325 e. The van der Waals surface area contributed by atoms with Gasteiger partial charge < -0.3 is 10.1 Å². The molecule has 2 heterocycles. The fourth-order valence-corrected chi connectivity index (χ4v) is 2.91. The van der Waals surface area contributed by atoms with Crippen molar-refractivity contribution in [1.82, 2.24) is 10.2 Å². The number of thiophene rings is 1. The summed E-state index contributed by atoms with van der Waals surface area (Å²) in [5, 5.41) is 4.67. The molecule has 6 heteroatoms. The van der Waals surface area contributed by atoms with Crippen LogP contribution >= 0.6 is 11.3 Å². The summed E-state index contributed by atoms with van der Waals surface area (Å²) in [6.45, 7) is 8.16. The monoisotopic (exact) mass is 296 g/mol. The molecule has 1 aliphatic rings. The molecule has 0 bridgehead atoms. The summed E-state index contributed by atoms with van der Waals surface area (Å²) in [5.41, 5.74) is -1.23. The van der Waals surface area contributed by atoms with E-state index in [0.717, 1.165) is 4.88 Å². The van der Waals surface area contributed by atoms with Crippen LogP contribution < -0.4 is 5.32 Å². The highest BCUT2D eigenvalue weighted by Crippen LogP contribution is 2.31. The SMILES string of the molecule is CC(C)(C)OCCN1C(=O)N[C@@](C)(c2cccs2)C1=O. The molecule has 3 amide bonds. The van der Waals surface area contributed by atoms with Gasteiger partial charge in [0.2, 0.25) is 0 Å². The second kappa shape index (κ2) is 5.18. The Bertz CT molecular complexity index is 507. The number of carbonyl (C=O) groups excluding carboxylic acids is 2. The quantitative estimate of drug-likeness (QED) is 0.868. The Morgan fingerprint density at radius 3 is 2.65 bits per heavy atom. The van der Waals surface area contributed by atoms with Crippen molar-refractivity contribution < 1.29 is 14.3 Å². The summed E-state index contributed by atoms with van der Waals surface area (Å²) in [7, 11) is 0. The summed E-state index contributed by atoms with van der Waals surface area (Å²) in [6, 6.07) is 3.37. The van der Waals surface area contributed by atoms with Gasteiger partial charge in [0, 0.05) is 4.88 Å². The summed E-state index contributed by atoms with van der Waals surface area (Å²) in [6.07, 6.45) is 0. The molecule has 1 saturated heterocycles. The minimum absolute atomic E-state index is 0.220. The number of imide groups is 1. The lowest BCUT2D eigenvalue weighted by atomic mass is 10.0. The third-order valence-electron chi connectivity index (χ3n) is 3.14. The fourth-order valence-electron chi connectivity index (χ4n) is 2.07. The molecule has 0 aliphatic carbocycles. The van der Waals surface area contributed by atoms with E-state index in [1.165, 1.54) is 16.2 Å². The van der Waals surface area contributed by atoms with Crippen LogP contribution in [0.4, 0.5) is 4.79 Å². The van der Waals surface area contributed by atoms with Crippen molar-refractivity contribution in [1.29, 1.82) is 0 Å². The number of nitrogens with zero attached hydrogens (tertiary/aromatic N) is 1. The highest BCUT2D eigenvalue weighted by atomic mass is 32.1. The lowest BCUT2D eigenvalue weighted by Gasteiger charge is -2.22. The van der Waals surface area contributed by atoms with Crippen molar-refractivity contribution in [2.24, 2.45) is 0 Å². The van der Waals surface area contributed by atoms with Crippen molar-refractivity contribution in [2.75, 3.05) is 13.2 Å². The average molecular weight is 296 g/mol. The largest absolute Gasteiger partial charge is 0.374 e. The van der Waals surface area contributed by atoms with Gasteiger partial charge >= 0.3 is 6.03 Å². The third-order valence-corrected chi connectivity index (χ3v) is 4.23. The smallest absolute Gasteiger partial charge is 0.325 e. The van der Waals surface area contributed by atoms with Gasteiger partial charge in [-0.15, -0.1) is 11.3 Å². The van der Waals surface area contributed by atoms with Gasteiger partial charge in [-0.1, -0.05) is 6.07 Å². The van der Waals surface area contributed by atoms with Crippen molar-refractivity contribution >= 4 is 23.3 Å². The van der Waals surface area contributed by atoms with Crippen LogP contribution in [0.2, 0.25) is 0 Å². The van der Waals surface area contributed by atoms with E-state index in [2.05, 4.69) is 5.32 Å². The number of urea groups is 1. The number of carbonyl (C=O) groups is 2. The first-order chi connectivity index (χ1) is 9.24. The molecular formula is C14H20N2O3S. The van der Waals surface area contributed by atoms with Gasteiger partial charge in [-0.3, -0.25) is 9.69 Å². The highest BCUT2D eigenvalue weighted by molar-refractivity contribution is 7.10. The molecule has 1 fully saturated rings. The normalized spacial score (nSPS) is 23.3. The summed E-state index contributed by atoms with van der Waals surface area (Å²) in [5.74, 6) is -0.220. The maximum absolute atomic E-state index is 12.5. The maximum atomic E-state index is 12.5. The van der Waals surface area contributed by atoms with Gasteiger partial charge in [-0.25, -0.2) is 4.79 Å². The van der Waals surface area contributed by atoms with Crippen molar-refractivity contribution in [3.63, 3.8) is 0 Å². The molecule has 0 aromatic carbocycles. The van der Waals surface area contributed by atoms with E-state index in [9.17, 15) is 9.59 Å². The Hall–Kier alpha value is -1.40. The summed E-state index contributed by atoms with van der Waals surface area (Å²) in [4.78, 5) is 26.5. The Morgan fingerprint density at radius 2 is 2.10 bits per heavy atom. The standard InChI is InChI=1S/C14H20N2O3S/c1-13(2,3)19-8-7-16-11(17)14(4,15-12(16)18)10-6-5-9-20-10/h5-6,9H,7-8H2,1-4H3,(H,15,18)/t14-/m0/s1. The highest BCUT2D eigenvalue weighted by Gasteiger charge is 2.49. The Kier molecular flexibility index (Phi) is 3.88. The van der Waals surface area contributed by atoms with Gasteiger partial charge in [0.1, 0.15) is 0 Å². The second-order valence-electron chi connectivity index (χ2n) is 5.95. The third kappa shape index (κ3) is 2.86. The Morgan fingerprint density at radius 1 is 1.40 bits per heavy atom. The molecule has 1 atom stereocenters. The molecule has 0 unspecified atom stereocenters. The molecule has 0 saturated carbocycles. The van der Waals surface area contributed by atoms with Crippen molar-refractivity contribution in [2.45, 2.75) is 38.8 Å². The van der Waals surface area contributed by atoms with E-state index in [-0.39, 0.29) is 24.1 Å². The molecular weight excluding hydrogens is 276 g/mol. The molecule has 1 aromatic rings. The first kappa shape index (κ1) is 15.0. The molecule has 20 heavy (non-hydrogen) atoms. The lowest BCUT2D eigenvalue weighted by molar-refractivity contribution is -0.132. The zero-order valence-corrected chi connectivity index (χ0v) is 13.0. The number of amides is 3. The van der Waals surface area contributed by atoms with Crippen LogP contribution in [0.5, 0.6) is 0 Å². The van der Waals surface area contributed by atoms with Crippen LogP contribution in [0.3, 0.4) is 0 Å². The van der Waals surface area contributed by atoms with Crippen LogP contribution in [0, 0.1) is 0 Å². The van der Waals surface area contributed by atoms with Crippen LogP contribution in [-0.4, -0.2) is 35.6 Å². The fraction of sp³-hybridized carbons (Fsp3) is 0.571. The van der Waals surface area contributed by atoms with Crippen molar-refractivity contribution in [3.05, 3.63) is 22.4 Å². The number of hydrogen-bond acceptors (Lipinski definition) is 4. The second-order valence-corrected chi connectivity index (χ2v) is 6.90. The van der Waals surface area contributed by atoms with E-state index >= 15 is 0 Å². The average Bonchev–Trinajstić information content (AvgIpc) is 2.91. The Balaban J connectivity index is 2.06. The minimum Gasteiger partial charge on any atom is -0.374 e. The van der Waals surface area contributed by atoms with Gasteiger partial charge in [0.15, 0.2) is 5.54 Å². The number of hydrogen-bond donors (Lipinski definition) is 1. The van der Waals surface area contributed by atoms with Gasteiger partial charge in [-0.2, -0.15) is 0 Å². The molecule has 0 radical (unpaired) electrons. The van der Waals surface area contributed by atoms with E-state index in [0.29, 0.717) is 6.61 Å². The molecule has 110 valence electrons. The first-order valence-electron chi connectivity index (χ1n) is 6.56. The zero-order chi connectivity index (χ0) is 15.0. The van der Waals surface area contributed by atoms with Crippen molar-refractivity contribution in [3.8, 4) is 0 Å². The minimum atomic E-state index is -0.951. The number of ether oxygens (including phenoxy) is 1. The van der Waals surface area contributed by atoms with Crippen LogP contribution in [0.15, 0.2) is 17.5 Å². The van der Waals surface area contributed by atoms with E-state index in [4.69, 9.17) is 4.74 Å². The molecule has 0 spiro atoms. The topological polar surface area (TPSA) is 58.6 Å². The van der Waals surface area contributed by atoms with Gasteiger partial charge in [-0.05, 0) is 39.1 Å². The van der Waals surface area contributed by atoms with Gasteiger partial charge in [0.05, 0.1) is 18.8 Å². The van der Waals surface area contributed by atoms with Crippen LogP contribution in [0.1, 0.15) is 32.6 Å². The predicted molar refractivity (Wildman–Crippen MR) is 77.6 cm³/mol. The molecule has 1 aliphatic heterocycles. The Labute approximate surface area is 122 Å². The lowest BCUT2D eigenvalue weighted by Crippen LogP contribution is -2.40.